The predicted octanol–water partition coefficient (Wildman–Crippen LogP) is 1.51. The highest BCUT2D eigenvalue weighted by Crippen LogP contribution is 2.25. The van der Waals surface area contributed by atoms with Gasteiger partial charge >= 0.3 is 0 Å². The third-order valence-corrected chi connectivity index (χ3v) is 4.22. The lowest BCUT2D eigenvalue weighted by Crippen LogP contribution is -2.47. The molecule has 0 saturated carbocycles. The third kappa shape index (κ3) is 2.61. The van der Waals surface area contributed by atoms with Crippen molar-refractivity contribution in [2.24, 2.45) is 12.8 Å². The van der Waals surface area contributed by atoms with E-state index in [0.717, 1.165) is 31.9 Å². The number of hydrogen-bond acceptors (Lipinski definition) is 4. The van der Waals surface area contributed by atoms with Crippen LogP contribution < -0.4 is 15.5 Å². The monoisotopic (exact) mass is 285 g/mol. The molecule has 0 aliphatic carbocycles. The number of nitrogens with zero attached hydrogens (tertiary/aromatic N) is 4. The first-order valence-corrected chi connectivity index (χ1v) is 7.48. The van der Waals surface area contributed by atoms with Crippen LogP contribution in [0.3, 0.4) is 0 Å². The van der Waals surface area contributed by atoms with Crippen LogP contribution in [0.1, 0.15) is 11.3 Å². The standard InChI is InChI=1S/C16H23N5/c1-13-15(12-17)16(19(2)18-13)21-10-8-20(9-11-21)14-6-4-3-5-7-14/h3-7H,8-12,17H2,1-2H3. The highest BCUT2D eigenvalue weighted by atomic mass is 15.4. The molecular weight excluding hydrogens is 262 g/mol. The van der Waals surface area contributed by atoms with Crippen LogP contribution in [0.2, 0.25) is 0 Å². The first-order valence-electron chi connectivity index (χ1n) is 7.48. The Hall–Kier alpha value is -2.01. The number of rotatable bonds is 3. The lowest BCUT2D eigenvalue weighted by molar-refractivity contribution is 0.622. The Labute approximate surface area is 126 Å². The van der Waals surface area contributed by atoms with E-state index in [0.29, 0.717) is 6.54 Å². The second-order valence-electron chi connectivity index (χ2n) is 5.52. The summed E-state index contributed by atoms with van der Waals surface area (Å²) in [6.07, 6.45) is 0. The molecule has 0 atom stereocenters. The van der Waals surface area contributed by atoms with Crippen molar-refractivity contribution in [3.63, 3.8) is 0 Å². The molecule has 1 aromatic carbocycles. The molecule has 5 nitrogen and oxygen atoms in total. The first-order chi connectivity index (χ1) is 10.2. The summed E-state index contributed by atoms with van der Waals surface area (Å²) < 4.78 is 1.97. The van der Waals surface area contributed by atoms with Gasteiger partial charge in [0.25, 0.3) is 0 Å². The minimum Gasteiger partial charge on any atom is -0.368 e. The largest absolute Gasteiger partial charge is 0.368 e. The Balaban J connectivity index is 1.74. The number of nitrogens with two attached hydrogens (primary N) is 1. The summed E-state index contributed by atoms with van der Waals surface area (Å²) in [4.78, 5) is 4.84. The molecule has 0 spiro atoms. The molecule has 1 aliphatic rings. The van der Waals surface area contributed by atoms with Gasteiger partial charge in [-0.3, -0.25) is 4.68 Å². The second kappa shape index (κ2) is 5.77. The molecule has 1 fully saturated rings. The minimum atomic E-state index is 0.550. The van der Waals surface area contributed by atoms with E-state index < -0.39 is 0 Å². The fraction of sp³-hybridized carbons (Fsp3) is 0.438. The number of aryl methyl sites for hydroxylation is 2. The van der Waals surface area contributed by atoms with Crippen molar-refractivity contribution < 1.29 is 0 Å². The van der Waals surface area contributed by atoms with Crippen molar-refractivity contribution in [2.45, 2.75) is 13.5 Å². The first kappa shape index (κ1) is 13.9. The zero-order valence-corrected chi connectivity index (χ0v) is 12.8. The Morgan fingerprint density at radius 2 is 1.67 bits per heavy atom. The van der Waals surface area contributed by atoms with Crippen LogP contribution in [0.15, 0.2) is 30.3 Å². The maximum atomic E-state index is 5.90. The van der Waals surface area contributed by atoms with E-state index in [1.54, 1.807) is 0 Å². The summed E-state index contributed by atoms with van der Waals surface area (Å²) in [5.74, 6) is 1.18. The van der Waals surface area contributed by atoms with Gasteiger partial charge in [-0.15, -0.1) is 0 Å². The Bertz CT molecular complexity index is 597. The zero-order chi connectivity index (χ0) is 14.8. The molecule has 1 aromatic heterocycles. The highest BCUT2D eigenvalue weighted by Gasteiger charge is 2.23. The van der Waals surface area contributed by atoms with E-state index >= 15 is 0 Å². The molecule has 0 amide bonds. The average molecular weight is 285 g/mol. The van der Waals surface area contributed by atoms with Gasteiger partial charge in [0.1, 0.15) is 5.82 Å². The predicted molar refractivity (Wildman–Crippen MR) is 86.7 cm³/mol. The molecule has 1 aliphatic heterocycles. The molecule has 1 saturated heterocycles. The van der Waals surface area contributed by atoms with Crippen molar-refractivity contribution in [1.29, 1.82) is 0 Å². The van der Waals surface area contributed by atoms with E-state index in [-0.39, 0.29) is 0 Å². The van der Waals surface area contributed by atoms with Crippen LogP contribution in [0.5, 0.6) is 0 Å². The van der Waals surface area contributed by atoms with Gasteiger partial charge in [0.2, 0.25) is 0 Å². The van der Waals surface area contributed by atoms with Gasteiger partial charge in [0.15, 0.2) is 0 Å². The Morgan fingerprint density at radius 1 is 1.05 bits per heavy atom. The van der Waals surface area contributed by atoms with Crippen LogP contribution >= 0.6 is 0 Å². The fourth-order valence-corrected chi connectivity index (χ4v) is 3.14. The van der Waals surface area contributed by atoms with Crippen molar-refractivity contribution >= 4 is 11.5 Å². The van der Waals surface area contributed by atoms with E-state index in [9.17, 15) is 0 Å². The fourth-order valence-electron chi connectivity index (χ4n) is 3.14. The van der Waals surface area contributed by atoms with Crippen LogP contribution in [0.25, 0.3) is 0 Å². The van der Waals surface area contributed by atoms with E-state index in [1.807, 2.05) is 18.7 Å². The topological polar surface area (TPSA) is 50.3 Å². The van der Waals surface area contributed by atoms with Crippen molar-refractivity contribution in [2.75, 3.05) is 36.0 Å². The van der Waals surface area contributed by atoms with Crippen LogP contribution in [0, 0.1) is 6.92 Å². The van der Waals surface area contributed by atoms with Crippen LogP contribution in [-0.4, -0.2) is 36.0 Å². The average Bonchev–Trinajstić information content (AvgIpc) is 2.82. The SMILES string of the molecule is Cc1nn(C)c(N2CCN(c3ccccc3)CC2)c1CN. The van der Waals surface area contributed by atoms with Gasteiger partial charge in [-0.05, 0) is 19.1 Å². The van der Waals surface area contributed by atoms with E-state index in [4.69, 9.17) is 5.73 Å². The Morgan fingerprint density at radius 3 is 2.29 bits per heavy atom. The van der Waals surface area contributed by atoms with Crippen molar-refractivity contribution in [3.8, 4) is 0 Å². The molecule has 5 heteroatoms. The number of piperazine rings is 1. The smallest absolute Gasteiger partial charge is 0.131 e. The normalized spacial score (nSPS) is 15.6. The Kier molecular flexibility index (Phi) is 3.84. The quantitative estimate of drug-likeness (QED) is 0.929. The van der Waals surface area contributed by atoms with Gasteiger partial charge in [-0.25, -0.2) is 0 Å². The zero-order valence-electron chi connectivity index (χ0n) is 12.8. The summed E-state index contributed by atoms with van der Waals surface area (Å²) >= 11 is 0. The molecule has 0 bridgehead atoms. The van der Waals surface area contributed by atoms with Gasteiger partial charge in [-0.1, -0.05) is 18.2 Å². The molecular formula is C16H23N5. The minimum absolute atomic E-state index is 0.550. The van der Waals surface area contributed by atoms with Gasteiger partial charge in [0, 0.05) is 51.0 Å². The van der Waals surface area contributed by atoms with Gasteiger partial charge in [0.05, 0.1) is 5.69 Å². The molecule has 3 rings (SSSR count). The molecule has 112 valence electrons. The lowest BCUT2D eigenvalue weighted by Gasteiger charge is -2.37. The summed E-state index contributed by atoms with van der Waals surface area (Å²) in [6.45, 7) is 6.64. The van der Waals surface area contributed by atoms with Gasteiger partial charge in [-0.2, -0.15) is 5.10 Å². The van der Waals surface area contributed by atoms with Crippen LogP contribution in [-0.2, 0) is 13.6 Å². The number of aromatic nitrogens is 2. The number of anilines is 2. The van der Waals surface area contributed by atoms with E-state index in [1.165, 1.54) is 17.1 Å². The van der Waals surface area contributed by atoms with E-state index in [2.05, 4.69) is 45.2 Å². The molecule has 0 radical (unpaired) electrons. The van der Waals surface area contributed by atoms with Crippen molar-refractivity contribution in [1.82, 2.24) is 9.78 Å². The van der Waals surface area contributed by atoms with Crippen molar-refractivity contribution in [3.05, 3.63) is 41.6 Å². The highest BCUT2D eigenvalue weighted by molar-refractivity contribution is 5.53. The molecule has 2 heterocycles. The molecule has 2 aromatic rings. The summed E-state index contributed by atoms with van der Waals surface area (Å²) in [6, 6.07) is 10.6. The number of para-hydroxylation sites is 1. The molecule has 2 N–H and O–H groups in total. The third-order valence-electron chi connectivity index (χ3n) is 4.22. The van der Waals surface area contributed by atoms with Gasteiger partial charge < -0.3 is 15.5 Å². The summed E-state index contributed by atoms with van der Waals surface area (Å²) in [7, 11) is 2.01. The second-order valence-corrected chi connectivity index (χ2v) is 5.52. The maximum absolute atomic E-state index is 5.90. The maximum Gasteiger partial charge on any atom is 0.131 e. The summed E-state index contributed by atoms with van der Waals surface area (Å²) in [5.41, 5.74) is 9.42. The molecule has 21 heavy (non-hydrogen) atoms. The van der Waals surface area contributed by atoms with Crippen LogP contribution in [0.4, 0.5) is 11.5 Å². The lowest BCUT2D eigenvalue weighted by atomic mass is 10.2. The number of benzene rings is 1. The summed E-state index contributed by atoms with van der Waals surface area (Å²) in [5, 5.41) is 4.52. The molecule has 0 unspecified atom stereocenters. The number of hydrogen-bond donors (Lipinski definition) is 1.